The van der Waals surface area contributed by atoms with E-state index in [4.69, 9.17) is 0 Å². The maximum Gasteiger partial charge on any atom is 0.271 e. The quantitative estimate of drug-likeness (QED) is 0.947. The highest BCUT2D eigenvalue weighted by Crippen LogP contribution is 2.23. The summed E-state index contributed by atoms with van der Waals surface area (Å²) in [6.45, 7) is 10.8. The third kappa shape index (κ3) is 3.29. The molecule has 2 heterocycles. The maximum atomic E-state index is 12.6. The molecule has 1 fully saturated rings. The normalized spacial score (nSPS) is 15.9. The summed E-state index contributed by atoms with van der Waals surface area (Å²) in [6.07, 6.45) is 0. The Hall–Kier alpha value is -2.14. The van der Waals surface area contributed by atoms with Crippen molar-refractivity contribution in [2.75, 3.05) is 32.7 Å². The molecule has 0 unspecified atom stereocenters. The first-order valence-corrected chi connectivity index (χ1v) is 8.23. The molecule has 2 aromatic rings. The molecule has 0 spiro atoms. The van der Waals surface area contributed by atoms with E-state index in [1.54, 1.807) is 0 Å². The van der Waals surface area contributed by atoms with Crippen molar-refractivity contribution in [3.8, 4) is 11.3 Å². The molecule has 1 N–H and O–H groups in total. The van der Waals surface area contributed by atoms with Gasteiger partial charge in [-0.3, -0.25) is 9.89 Å². The van der Waals surface area contributed by atoms with E-state index in [2.05, 4.69) is 54.1 Å². The number of amides is 1. The standard InChI is InChI=1S/C18H24N4O/c1-4-21-7-9-22(10-8-21)18(23)17-12-16(19-20-17)15-6-5-13(2)11-14(15)3/h5-6,11-12H,4,7-10H2,1-3H3,(H,19,20). The second kappa shape index (κ2) is 6.54. The van der Waals surface area contributed by atoms with Crippen molar-refractivity contribution in [2.45, 2.75) is 20.8 Å². The molecule has 0 bridgehead atoms. The minimum absolute atomic E-state index is 0.0456. The number of rotatable bonds is 3. The van der Waals surface area contributed by atoms with Gasteiger partial charge < -0.3 is 9.80 Å². The lowest BCUT2D eigenvalue weighted by molar-refractivity contribution is 0.0637. The van der Waals surface area contributed by atoms with Crippen LogP contribution in [0.5, 0.6) is 0 Å². The van der Waals surface area contributed by atoms with E-state index in [1.165, 1.54) is 11.1 Å². The number of piperazine rings is 1. The van der Waals surface area contributed by atoms with Crippen LogP contribution in [0, 0.1) is 13.8 Å². The molecule has 5 heteroatoms. The van der Waals surface area contributed by atoms with Crippen LogP contribution in [0.2, 0.25) is 0 Å². The number of benzene rings is 1. The van der Waals surface area contributed by atoms with Crippen LogP contribution in [0.15, 0.2) is 24.3 Å². The average molecular weight is 312 g/mol. The minimum atomic E-state index is 0.0456. The zero-order chi connectivity index (χ0) is 16.4. The summed E-state index contributed by atoms with van der Waals surface area (Å²) in [5.74, 6) is 0.0456. The Labute approximate surface area is 137 Å². The zero-order valence-corrected chi connectivity index (χ0v) is 14.1. The van der Waals surface area contributed by atoms with Gasteiger partial charge in [-0.05, 0) is 32.0 Å². The van der Waals surface area contributed by atoms with Crippen LogP contribution >= 0.6 is 0 Å². The number of carbonyl (C=O) groups is 1. The lowest BCUT2D eigenvalue weighted by Gasteiger charge is -2.33. The summed E-state index contributed by atoms with van der Waals surface area (Å²) in [7, 11) is 0. The molecule has 0 atom stereocenters. The molecule has 1 saturated heterocycles. The minimum Gasteiger partial charge on any atom is -0.335 e. The summed E-state index contributed by atoms with van der Waals surface area (Å²) in [5.41, 5.74) is 4.88. The number of hydrogen-bond acceptors (Lipinski definition) is 3. The number of nitrogens with one attached hydrogen (secondary N) is 1. The predicted octanol–water partition coefficient (Wildman–Crippen LogP) is 2.47. The number of aromatic nitrogens is 2. The lowest BCUT2D eigenvalue weighted by atomic mass is 10.0. The molecular weight excluding hydrogens is 288 g/mol. The van der Waals surface area contributed by atoms with Crippen LogP contribution in [0.4, 0.5) is 0 Å². The Balaban J connectivity index is 1.75. The van der Waals surface area contributed by atoms with Crippen molar-refractivity contribution in [2.24, 2.45) is 0 Å². The van der Waals surface area contributed by atoms with E-state index in [0.29, 0.717) is 5.69 Å². The molecule has 122 valence electrons. The first-order valence-electron chi connectivity index (χ1n) is 8.23. The Morgan fingerprint density at radius 1 is 1.17 bits per heavy atom. The zero-order valence-electron chi connectivity index (χ0n) is 14.1. The van der Waals surface area contributed by atoms with Crippen molar-refractivity contribution in [3.05, 3.63) is 41.1 Å². The fourth-order valence-electron chi connectivity index (χ4n) is 3.11. The average Bonchev–Trinajstić information content (AvgIpc) is 3.04. The highest BCUT2D eigenvalue weighted by atomic mass is 16.2. The van der Waals surface area contributed by atoms with E-state index in [9.17, 15) is 4.79 Å². The summed E-state index contributed by atoms with van der Waals surface area (Å²) in [4.78, 5) is 16.9. The van der Waals surface area contributed by atoms with Gasteiger partial charge in [0.05, 0.1) is 5.69 Å². The second-order valence-corrected chi connectivity index (χ2v) is 6.21. The fraction of sp³-hybridized carbons (Fsp3) is 0.444. The monoisotopic (exact) mass is 312 g/mol. The van der Waals surface area contributed by atoms with Gasteiger partial charge in [-0.1, -0.05) is 30.7 Å². The number of hydrogen-bond donors (Lipinski definition) is 1. The number of likely N-dealkylation sites (N-methyl/N-ethyl adjacent to an activating group) is 1. The van der Waals surface area contributed by atoms with Crippen molar-refractivity contribution in [1.29, 1.82) is 0 Å². The molecule has 0 saturated carbocycles. The summed E-state index contributed by atoms with van der Waals surface area (Å²) in [5, 5.41) is 7.25. The van der Waals surface area contributed by atoms with Crippen LogP contribution in [0.3, 0.4) is 0 Å². The van der Waals surface area contributed by atoms with Crippen LogP contribution in [0.1, 0.15) is 28.5 Å². The van der Waals surface area contributed by atoms with Crippen LogP contribution < -0.4 is 0 Å². The predicted molar refractivity (Wildman–Crippen MR) is 91.5 cm³/mol. The molecule has 1 amide bonds. The number of aryl methyl sites for hydroxylation is 2. The Morgan fingerprint density at radius 3 is 2.57 bits per heavy atom. The number of nitrogens with zero attached hydrogens (tertiary/aromatic N) is 3. The van der Waals surface area contributed by atoms with Crippen LogP contribution in [-0.4, -0.2) is 58.6 Å². The molecule has 0 radical (unpaired) electrons. The topological polar surface area (TPSA) is 52.2 Å². The molecule has 1 aromatic carbocycles. The SMILES string of the molecule is CCN1CCN(C(=O)c2cc(-c3ccc(C)cc3C)n[nH]2)CC1. The largest absolute Gasteiger partial charge is 0.335 e. The third-order valence-electron chi connectivity index (χ3n) is 4.57. The van der Waals surface area contributed by atoms with E-state index in [1.807, 2.05) is 11.0 Å². The smallest absolute Gasteiger partial charge is 0.271 e. The summed E-state index contributed by atoms with van der Waals surface area (Å²) in [6, 6.07) is 8.14. The first kappa shape index (κ1) is 15.7. The number of H-pyrrole nitrogens is 1. The Kier molecular flexibility index (Phi) is 4.48. The van der Waals surface area contributed by atoms with Crippen molar-refractivity contribution >= 4 is 5.91 Å². The Bertz CT molecular complexity index is 699. The number of aromatic amines is 1. The molecule has 1 aliphatic heterocycles. The third-order valence-corrected chi connectivity index (χ3v) is 4.57. The molecule has 1 aliphatic rings. The van der Waals surface area contributed by atoms with Crippen molar-refractivity contribution in [1.82, 2.24) is 20.0 Å². The molecule has 23 heavy (non-hydrogen) atoms. The molecule has 3 rings (SSSR count). The van der Waals surface area contributed by atoms with Gasteiger partial charge in [-0.15, -0.1) is 0 Å². The maximum absolute atomic E-state index is 12.6. The van der Waals surface area contributed by atoms with Gasteiger partial charge >= 0.3 is 0 Å². The molecular formula is C18H24N4O. The van der Waals surface area contributed by atoms with Crippen LogP contribution in [-0.2, 0) is 0 Å². The lowest BCUT2D eigenvalue weighted by Crippen LogP contribution is -2.48. The van der Waals surface area contributed by atoms with Crippen molar-refractivity contribution in [3.63, 3.8) is 0 Å². The van der Waals surface area contributed by atoms with Gasteiger partial charge in [-0.25, -0.2) is 0 Å². The second-order valence-electron chi connectivity index (χ2n) is 6.21. The summed E-state index contributed by atoms with van der Waals surface area (Å²) >= 11 is 0. The van der Waals surface area contributed by atoms with E-state index < -0.39 is 0 Å². The number of carbonyl (C=O) groups excluding carboxylic acids is 1. The molecule has 5 nitrogen and oxygen atoms in total. The highest BCUT2D eigenvalue weighted by molar-refractivity contribution is 5.93. The molecule has 0 aliphatic carbocycles. The molecule has 1 aromatic heterocycles. The highest BCUT2D eigenvalue weighted by Gasteiger charge is 2.23. The van der Waals surface area contributed by atoms with E-state index in [0.717, 1.165) is 44.0 Å². The summed E-state index contributed by atoms with van der Waals surface area (Å²) < 4.78 is 0. The van der Waals surface area contributed by atoms with Crippen LogP contribution in [0.25, 0.3) is 11.3 Å². The van der Waals surface area contributed by atoms with Gasteiger partial charge in [0, 0.05) is 31.7 Å². The van der Waals surface area contributed by atoms with Crippen molar-refractivity contribution < 1.29 is 4.79 Å². The van der Waals surface area contributed by atoms with Gasteiger partial charge in [0.25, 0.3) is 5.91 Å². The van der Waals surface area contributed by atoms with Gasteiger partial charge in [-0.2, -0.15) is 5.10 Å². The van der Waals surface area contributed by atoms with E-state index in [-0.39, 0.29) is 5.91 Å². The Morgan fingerprint density at radius 2 is 1.91 bits per heavy atom. The van der Waals surface area contributed by atoms with E-state index >= 15 is 0 Å². The van der Waals surface area contributed by atoms with Gasteiger partial charge in [0.2, 0.25) is 0 Å². The van der Waals surface area contributed by atoms with Gasteiger partial charge in [0.1, 0.15) is 5.69 Å². The first-order chi connectivity index (χ1) is 11.1. The fourth-order valence-corrected chi connectivity index (χ4v) is 3.11. The van der Waals surface area contributed by atoms with Gasteiger partial charge in [0.15, 0.2) is 0 Å².